The molecule has 0 aliphatic carbocycles. The maximum Gasteiger partial charge on any atom is 0.138 e. The third-order valence-corrected chi connectivity index (χ3v) is 2.96. The summed E-state index contributed by atoms with van der Waals surface area (Å²) in [5, 5.41) is 11.5. The van der Waals surface area contributed by atoms with Gasteiger partial charge in [-0.1, -0.05) is 6.92 Å². The first kappa shape index (κ1) is 8.69. The summed E-state index contributed by atoms with van der Waals surface area (Å²) in [5.41, 5.74) is 0.219. The molecule has 0 atom stereocenters. The number of aryl methyl sites for hydroxylation is 1. The summed E-state index contributed by atoms with van der Waals surface area (Å²) in [6.07, 6.45) is 4.09. The lowest BCUT2D eigenvalue weighted by Crippen LogP contribution is -2.39. The van der Waals surface area contributed by atoms with Crippen molar-refractivity contribution in [1.82, 2.24) is 20.1 Å². The van der Waals surface area contributed by atoms with Gasteiger partial charge in [0, 0.05) is 12.5 Å². The van der Waals surface area contributed by atoms with Crippen LogP contribution in [0.2, 0.25) is 0 Å². The molecule has 2 heterocycles. The van der Waals surface area contributed by atoms with Gasteiger partial charge < -0.3 is 9.88 Å². The topological polar surface area (TPSA) is 42.7 Å². The fourth-order valence-corrected chi connectivity index (χ4v) is 2.03. The van der Waals surface area contributed by atoms with Crippen molar-refractivity contribution < 1.29 is 0 Å². The molecule has 2 rings (SSSR count). The van der Waals surface area contributed by atoms with Crippen molar-refractivity contribution in [3.8, 4) is 0 Å². The average molecular weight is 180 g/mol. The van der Waals surface area contributed by atoms with Crippen LogP contribution in [0.15, 0.2) is 6.33 Å². The molecule has 1 aliphatic rings. The zero-order chi connectivity index (χ0) is 9.31. The van der Waals surface area contributed by atoms with Crippen molar-refractivity contribution in [1.29, 1.82) is 0 Å². The van der Waals surface area contributed by atoms with Crippen molar-refractivity contribution in [2.24, 2.45) is 7.05 Å². The second-order valence-corrected chi connectivity index (χ2v) is 4.08. The SMILES string of the molecule is Cn1cnnc1C1(C)CCNCC1. The molecule has 1 N–H and O–H groups in total. The molecule has 13 heavy (non-hydrogen) atoms. The summed E-state index contributed by atoms with van der Waals surface area (Å²) in [6, 6.07) is 0. The molecule has 1 aliphatic heterocycles. The first-order valence-electron chi connectivity index (χ1n) is 4.78. The highest BCUT2D eigenvalue weighted by atomic mass is 15.3. The van der Waals surface area contributed by atoms with Crippen LogP contribution >= 0.6 is 0 Å². The van der Waals surface area contributed by atoms with E-state index in [0.29, 0.717) is 0 Å². The minimum Gasteiger partial charge on any atom is -0.320 e. The molecule has 0 spiro atoms. The van der Waals surface area contributed by atoms with E-state index < -0.39 is 0 Å². The highest BCUT2D eigenvalue weighted by Crippen LogP contribution is 2.30. The molecule has 0 saturated carbocycles. The number of hydrogen-bond donors (Lipinski definition) is 1. The molecule has 0 amide bonds. The maximum atomic E-state index is 4.20. The predicted molar refractivity (Wildman–Crippen MR) is 50.5 cm³/mol. The van der Waals surface area contributed by atoms with E-state index in [4.69, 9.17) is 0 Å². The van der Waals surface area contributed by atoms with E-state index in [2.05, 4.69) is 22.4 Å². The molecule has 0 aromatic carbocycles. The van der Waals surface area contributed by atoms with Crippen LogP contribution in [0.4, 0.5) is 0 Å². The van der Waals surface area contributed by atoms with Gasteiger partial charge in [0.25, 0.3) is 0 Å². The molecule has 1 aromatic rings. The fourth-order valence-electron chi connectivity index (χ4n) is 2.03. The number of hydrogen-bond acceptors (Lipinski definition) is 3. The first-order chi connectivity index (χ1) is 6.22. The van der Waals surface area contributed by atoms with Gasteiger partial charge in [0.1, 0.15) is 12.2 Å². The van der Waals surface area contributed by atoms with E-state index in [-0.39, 0.29) is 5.41 Å². The van der Waals surface area contributed by atoms with Crippen molar-refractivity contribution in [2.75, 3.05) is 13.1 Å². The number of piperidine rings is 1. The standard InChI is InChI=1S/C9H16N4/c1-9(3-5-10-6-4-9)8-12-11-7-13(8)2/h7,10H,3-6H2,1-2H3. The van der Waals surface area contributed by atoms with Gasteiger partial charge >= 0.3 is 0 Å². The Labute approximate surface area is 78.4 Å². The van der Waals surface area contributed by atoms with E-state index in [1.54, 1.807) is 6.33 Å². The minimum absolute atomic E-state index is 0.219. The van der Waals surface area contributed by atoms with Crippen LogP contribution in [0, 0.1) is 0 Å². The van der Waals surface area contributed by atoms with E-state index in [1.807, 2.05) is 11.6 Å². The largest absolute Gasteiger partial charge is 0.320 e. The van der Waals surface area contributed by atoms with Gasteiger partial charge in [-0.15, -0.1) is 10.2 Å². The molecule has 1 aromatic heterocycles. The number of nitrogens with zero attached hydrogens (tertiary/aromatic N) is 3. The maximum absolute atomic E-state index is 4.20. The van der Waals surface area contributed by atoms with Crippen LogP contribution in [-0.2, 0) is 12.5 Å². The van der Waals surface area contributed by atoms with Gasteiger partial charge in [-0.25, -0.2) is 0 Å². The zero-order valence-electron chi connectivity index (χ0n) is 8.25. The van der Waals surface area contributed by atoms with Gasteiger partial charge in [0.05, 0.1) is 0 Å². The highest BCUT2D eigenvalue weighted by molar-refractivity contribution is 5.07. The Bertz CT molecular complexity index is 286. The number of nitrogens with one attached hydrogen (secondary N) is 1. The fraction of sp³-hybridized carbons (Fsp3) is 0.778. The molecule has 0 bridgehead atoms. The molecule has 0 radical (unpaired) electrons. The van der Waals surface area contributed by atoms with Crippen LogP contribution < -0.4 is 5.32 Å². The molecule has 0 unspecified atom stereocenters. The first-order valence-corrected chi connectivity index (χ1v) is 4.78. The summed E-state index contributed by atoms with van der Waals surface area (Å²) in [6.45, 7) is 4.45. The van der Waals surface area contributed by atoms with Crippen LogP contribution in [0.25, 0.3) is 0 Å². The van der Waals surface area contributed by atoms with E-state index >= 15 is 0 Å². The van der Waals surface area contributed by atoms with Crippen molar-refractivity contribution in [3.63, 3.8) is 0 Å². The molecule has 1 saturated heterocycles. The Morgan fingerprint density at radius 2 is 2.15 bits per heavy atom. The summed E-state index contributed by atoms with van der Waals surface area (Å²) in [4.78, 5) is 0. The van der Waals surface area contributed by atoms with Crippen molar-refractivity contribution >= 4 is 0 Å². The van der Waals surface area contributed by atoms with E-state index in [0.717, 1.165) is 31.8 Å². The lowest BCUT2D eigenvalue weighted by atomic mass is 9.80. The average Bonchev–Trinajstić information content (AvgIpc) is 2.53. The Hall–Kier alpha value is -0.900. The summed E-state index contributed by atoms with van der Waals surface area (Å²) >= 11 is 0. The third-order valence-electron chi connectivity index (χ3n) is 2.96. The molecular formula is C9H16N4. The second-order valence-electron chi connectivity index (χ2n) is 4.08. The summed E-state index contributed by atoms with van der Waals surface area (Å²) < 4.78 is 2.03. The van der Waals surface area contributed by atoms with Crippen LogP contribution in [0.1, 0.15) is 25.6 Å². The minimum atomic E-state index is 0.219. The lowest BCUT2D eigenvalue weighted by Gasteiger charge is -2.32. The Kier molecular flexibility index (Phi) is 2.07. The number of aromatic nitrogens is 3. The van der Waals surface area contributed by atoms with Gasteiger partial charge in [-0.05, 0) is 25.9 Å². The summed E-state index contributed by atoms with van der Waals surface area (Å²) in [7, 11) is 2.02. The van der Waals surface area contributed by atoms with Crippen LogP contribution in [0.5, 0.6) is 0 Å². The Balaban J connectivity index is 2.27. The molecule has 1 fully saturated rings. The third kappa shape index (κ3) is 1.46. The second kappa shape index (κ2) is 3.10. The quantitative estimate of drug-likeness (QED) is 0.682. The van der Waals surface area contributed by atoms with Gasteiger partial charge in [0.2, 0.25) is 0 Å². The Morgan fingerprint density at radius 3 is 2.69 bits per heavy atom. The molecular weight excluding hydrogens is 164 g/mol. The predicted octanol–water partition coefficient (Wildman–Crippen LogP) is 0.456. The van der Waals surface area contributed by atoms with Gasteiger partial charge in [-0.3, -0.25) is 0 Å². The smallest absolute Gasteiger partial charge is 0.138 e. The van der Waals surface area contributed by atoms with Gasteiger partial charge in [-0.2, -0.15) is 0 Å². The molecule has 72 valence electrons. The van der Waals surface area contributed by atoms with Crippen LogP contribution in [-0.4, -0.2) is 27.9 Å². The molecule has 4 heteroatoms. The van der Waals surface area contributed by atoms with E-state index in [1.165, 1.54) is 0 Å². The molecule has 4 nitrogen and oxygen atoms in total. The zero-order valence-corrected chi connectivity index (χ0v) is 8.25. The van der Waals surface area contributed by atoms with Gasteiger partial charge in [0.15, 0.2) is 0 Å². The Morgan fingerprint density at radius 1 is 1.46 bits per heavy atom. The monoisotopic (exact) mass is 180 g/mol. The highest BCUT2D eigenvalue weighted by Gasteiger charge is 2.32. The summed E-state index contributed by atoms with van der Waals surface area (Å²) in [5.74, 6) is 1.12. The van der Waals surface area contributed by atoms with E-state index in [9.17, 15) is 0 Å². The normalized spacial score (nSPS) is 21.7. The van der Waals surface area contributed by atoms with Crippen LogP contribution in [0.3, 0.4) is 0 Å². The number of rotatable bonds is 1. The lowest BCUT2D eigenvalue weighted by molar-refractivity contribution is 0.311. The van der Waals surface area contributed by atoms with Crippen molar-refractivity contribution in [2.45, 2.75) is 25.2 Å². The van der Waals surface area contributed by atoms with Crippen molar-refractivity contribution in [3.05, 3.63) is 12.2 Å².